The zero-order valence-corrected chi connectivity index (χ0v) is 12.5. The molecular formula is C16H21NOS. The Morgan fingerprint density at radius 3 is 3.00 bits per heavy atom. The maximum atomic E-state index is 12.3. The second-order valence-electron chi connectivity index (χ2n) is 5.07. The van der Waals surface area contributed by atoms with Crippen LogP contribution in [0.3, 0.4) is 0 Å². The first-order chi connectivity index (χ1) is 9.24. The van der Waals surface area contributed by atoms with E-state index in [1.54, 1.807) is 17.5 Å². The molecule has 2 aromatic heterocycles. The average molecular weight is 275 g/mol. The summed E-state index contributed by atoms with van der Waals surface area (Å²) in [6.07, 6.45) is 7.05. The molecule has 0 aromatic carbocycles. The number of nitrogens with zero attached hydrogens (tertiary/aromatic N) is 1. The number of thiophene rings is 1. The monoisotopic (exact) mass is 275 g/mol. The summed E-state index contributed by atoms with van der Waals surface area (Å²) in [5.74, 6) is 0.761. The summed E-state index contributed by atoms with van der Waals surface area (Å²) in [5.41, 5.74) is 1.75. The van der Waals surface area contributed by atoms with Crippen LogP contribution in [-0.4, -0.2) is 10.8 Å². The van der Waals surface area contributed by atoms with Gasteiger partial charge in [-0.25, -0.2) is 0 Å². The van der Waals surface area contributed by atoms with Gasteiger partial charge in [-0.15, -0.1) is 11.3 Å². The molecule has 0 fully saturated rings. The Hall–Kier alpha value is -1.22. The van der Waals surface area contributed by atoms with E-state index in [1.807, 2.05) is 17.5 Å². The van der Waals surface area contributed by atoms with E-state index in [-0.39, 0.29) is 5.78 Å². The van der Waals surface area contributed by atoms with Crippen molar-refractivity contribution in [2.75, 3.05) is 0 Å². The summed E-state index contributed by atoms with van der Waals surface area (Å²) in [4.78, 5) is 16.7. The van der Waals surface area contributed by atoms with Crippen LogP contribution in [0.25, 0.3) is 10.2 Å². The van der Waals surface area contributed by atoms with Crippen molar-refractivity contribution in [2.45, 2.75) is 46.0 Å². The Morgan fingerprint density at radius 2 is 2.26 bits per heavy atom. The van der Waals surface area contributed by atoms with Gasteiger partial charge in [0.15, 0.2) is 5.78 Å². The number of aromatic nitrogens is 1. The quantitative estimate of drug-likeness (QED) is 0.659. The zero-order valence-electron chi connectivity index (χ0n) is 11.7. The number of carbonyl (C=O) groups excluding carboxylic acids is 1. The zero-order chi connectivity index (χ0) is 13.7. The molecule has 0 radical (unpaired) electrons. The molecular weight excluding hydrogens is 254 g/mol. The van der Waals surface area contributed by atoms with Crippen LogP contribution in [-0.2, 0) is 0 Å². The van der Waals surface area contributed by atoms with Crippen LogP contribution in [0.1, 0.15) is 56.3 Å². The first-order valence-electron chi connectivity index (χ1n) is 7.11. The van der Waals surface area contributed by atoms with E-state index >= 15 is 0 Å². The van der Waals surface area contributed by atoms with Crippen molar-refractivity contribution in [3.05, 3.63) is 29.3 Å². The minimum absolute atomic E-state index is 0.241. The van der Waals surface area contributed by atoms with Crippen molar-refractivity contribution >= 4 is 27.3 Å². The summed E-state index contributed by atoms with van der Waals surface area (Å²) < 4.78 is 1.10. The fourth-order valence-corrected chi connectivity index (χ4v) is 3.10. The molecule has 0 N–H and O–H groups in total. The Bertz CT molecular complexity index is 546. The van der Waals surface area contributed by atoms with Gasteiger partial charge in [-0.3, -0.25) is 9.78 Å². The molecule has 0 saturated heterocycles. The molecule has 19 heavy (non-hydrogen) atoms. The van der Waals surface area contributed by atoms with Gasteiger partial charge in [-0.1, -0.05) is 39.5 Å². The van der Waals surface area contributed by atoms with Gasteiger partial charge in [-0.2, -0.15) is 0 Å². The largest absolute Gasteiger partial charge is 0.294 e. The third-order valence-corrected chi connectivity index (χ3v) is 4.50. The predicted octanol–water partition coefficient (Wildman–Crippen LogP) is 5.09. The molecule has 3 heteroatoms. The average Bonchev–Trinajstić information content (AvgIpc) is 2.90. The number of fused-ring (bicyclic) bond motifs is 1. The minimum Gasteiger partial charge on any atom is -0.294 e. The number of carbonyl (C=O) groups is 1. The lowest BCUT2D eigenvalue weighted by Gasteiger charge is -2.13. The third-order valence-electron chi connectivity index (χ3n) is 3.64. The van der Waals surface area contributed by atoms with Crippen molar-refractivity contribution in [3.8, 4) is 0 Å². The fourth-order valence-electron chi connectivity index (χ4n) is 2.32. The number of pyridine rings is 1. The van der Waals surface area contributed by atoms with Gasteiger partial charge in [0.05, 0.1) is 10.2 Å². The van der Waals surface area contributed by atoms with Crippen molar-refractivity contribution in [1.29, 1.82) is 0 Å². The van der Waals surface area contributed by atoms with Gasteiger partial charge in [-0.05, 0) is 23.4 Å². The molecule has 0 aliphatic carbocycles. The van der Waals surface area contributed by atoms with Crippen LogP contribution in [0.15, 0.2) is 23.7 Å². The van der Waals surface area contributed by atoms with E-state index in [9.17, 15) is 4.79 Å². The van der Waals surface area contributed by atoms with E-state index in [1.165, 1.54) is 12.8 Å². The van der Waals surface area contributed by atoms with Crippen molar-refractivity contribution in [3.63, 3.8) is 0 Å². The van der Waals surface area contributed by atoms with E-state index < -0.39 is 0 Å². The molecule has 2 nitrogen and oxygen atoms in total. The summed E-state index contributed by atoms with van der Waals surface area (Å²) in [6.45, 7) is 4.37. The number of ketones is 1. The number of unbranched alkanes of at least 4 members (excludes halogenated alkanes) is 1. The van der Waals surface area contributed by atoms with Crippen LogP contribution < -0.4 is 0 Å². The highest BCUT2D eigenvalue weighted by Gasteiger charge is 2.14. The van der Waals surface area contributed by atoms with Crippen LogP contribution in [0.4, 0.5) is 0 Å². The molecule has 0 aliphatic rings. The summed E-state index contributed by atoms with van der Waals surface area (Å²) in [7, 11) is 0. The van der Waals surface area contributed by atoms with Crippen LogP contribution >= 0.6 is 11.3 Å². The highest BCUT2D eigenvalue weighted by molar-refractivity contribution is 7.17. The second-order valence-corrected chi connectivity index (χ2v) is 6.02. The topological polar surface area (TPSA) is 30.0 Å². The number of hydrogen-bond donors (Lipinski definition) is 0. The van der Waals surface area contributed by atoms with Crippen molar-refractivity contribution in [2.24, 2.45) is 5.92 Å². The normalized spacial score (nSPS) is 12.7. The highest BCUT2D eigenvalue weighted by atomic mass is 32.1. The molecule has 0 bridgehead atoms. The van der Waals surface area contributed by atoms with Gasteiger partial charge >= 0.3 is 0 Å². The maximum Gasteiger partial charge on any atom is 0.164 e. The van der Waals surface area contributed by atoms with Gasteiger partial charge in [0.2, 0.25) is 0 Å². The van der Waals surface area contributed by atoms with Crippen LogP contribution in [0.2, 0.25) is 0 Å². The standard InChI is InChI=1S/C16H21NOS/c1-3-5-6-12(4-2)9-15(18)13-10-16-14(17-11-13)7-8-19-16/h7-8,10-12H,3-6,9H2,1-2H3. The summed E-state index contributed by atoms with van der Waals surface area (Å²) in [6, 6.07) is 3.98. The second kappa shape index (κ2) is 6.80. The Labute approximate surface area is 118 Å². The molecule has 2 heterocycles. The van der Waals surface area contributed by atoms with E-state index in [0.717, 1.165) is 28.6 Å². The molecule has 2 aromatic rings. The molecule has 1 atom stereocenters. The van der Waals surface area contributed by atoms with Crippen molar-refractivity contribution in [1.82, 2.24) is 4.98 Å². The Kier molecular flexibility index (Phi) is 5.08. The number of rotatable bonds is 7. The van der Waals surface area contributed by atoms with E-state index in [2.05, 4.69) is 18.8 Å². The van der Waals surface area contributed by atoms with E-state index in [0.29, 0.717) is 12.3 Å². The molecule has 1 unspecified atom stereocenters. The minimum atomic E-state index is 0.241. The molecule has 0 saturated carbocycles. The lowest BCUT2D eigenvalue weighted by molar-refractivity contribution is 0.0957. The fraction of sp³-hybridized carbons (Fsp3) is 0.500. The lowest BCUT2D eigenvalue weighted by atomic mass is 9.92. The van der Waals surface area contributed by atoms with Gasteiger partial charge < -0.3 is 0 Å². The summed E-state index contributed by atoms with van der Waals surface area (Å²) in [5, 5.41) is 2.02. The predicted molar refractivity (Wildman–Crippen MR) is 81.9 cm³/mol. The first kappa shape index (κ1) is 14.2. The van der Waals surface area contributed by atoms with E-state index in [4.69, 9.17) is 0 Å². The molecule has 102 valence electrons. The first-order valence-corrected chi connectivity index (χ1v) is 7.99. The number of hydrogen-bond acceptors (Lipinski definition) is 3. The lowest BCUT2D eigenvalue weighted by Crippen LogP contribution is -2.08. The SMILES string of the molecule is CCCCC(CC)CC(=O)c1cnc2ccsc2c1. The molecule has 2 rings (SSSR count). The Morgan fingerprint density at radius 1 is 1.42 bits per heavy atom. The highest BCUT2D eigenvalue weighted by Crippen LogP contribution is 2.23. The number of Topliss-reactive ketones (excluding diaryl/α,β-unsaturated/α-hetero) is 1. The molecule has 0 aliphatic heterocycles. The molecule has 0 spiro atoms. The van der Waals surface area contributed by atoms with Gasteiger partial charge in [0, 0.05) is 18.2 Å². The molecule has 0 amide bonds. The Balaban J connectivity index is 2.05. The van der Waals surface area contributed by atoms with Crippen LogP contribution in [0.5, 0.6) is 0 Å². The smallest absolute Gasteiger partial charge is 0.164 e. The summed E-state index contributed by atoms with van der Waals surface area (Å²) >= 11 is 1.64. The van der Waals surface area contributed by atoms with Gasteiger partial charge in [0.1, 0.15) is 0 Å². The van der Waals surface area contributed by atoms with Crippen LogP contribution in [0, 0.1) is 5.92 Å². The van der Waals surface area contributed by atoms with Gasteiger partial charge in [0.25, 0.3) is 0 Å². The maximum absolute atomic E-state index is 12.3. The third kappa shape index (κ3) is 3.63. The van der Waals surface area contributed by atoms with Crippen molar-refractivity contribution < 1.29 is 4.79 Å².